The Morgan fingerprint density at radius 1 is 1.00 bits per heavy atom. The molecule has 0 unspecified atom stereocenters. The number of nitrogens with zero attached hydrogens (tertiary/aromatic N) is 3. The molecule has 1 fully saturated rings. The first-order chi connectivity index (χ1) is 21.9. The van der Waals surface area contributed by atoms with Crippen molar-refractivity contribution in [2.45, 2.75) is 37.8 Å². The van der Waals surface area contributed by atoms with Crippen molar-refractivity contribution in [3.8, 4) is 5.75 Å². The van der Waals surface area contributed by atoms with Crippen molar-refractivity contribution in [1.29, 1.82) is 0 Å². The lowest BCUT2D eigenvalue weighted by Gasteiger charge is -2.24. The van der Waals surface area contributed by atoms with Crippen molar-refractivity contribution < 1.29 is 33.5 Å². The molecule has 0 bridgehead atoms. The second-order valence-corrected chi connectivity index (χ2v) is 11.1. The van der Waals surface area contributed by atoms with Gasteiger partial charge in [-0.25, -0.2) is 14.5 Å². The van der Waals surface area contributed by atoms with E-state index in [1.54, 1.807) is 6.07 Å². The number of amides is 3. The maximum atomic E-state index is 13.6. The molecule has 2 aliphatic heterocycles. The molecule has 6 rings (SSSR count). The first-order valence-corrected chi connectivity index (χ1v) is 14.9. The zero-order chi connectivity index (χ0) is 31.2. The van der Waals surface area contributed by atoms with E-state index >= 15 is 0 Å². The maximum absolute atomic E-state index is 13.6. The molecule has 1 N–H and O–H groups in total. The first-order valence-electron chi connectivity index (χ1n) is 14.9. The highest BCUT2D eigenvalue weighted by atomic mass is 16.6. The lowest BCUT2D eigenvalue weighted by atomic mass is 9.91. The summed E-state index contributed by atoms with van der Waals surface area (Å²) in [7, 11) is 0. The van der Waals surface area contributed by atoms with Gasteiger partial charge < -0.3 is 24.0 Å². The first kappa shape index (κ1) is 29.7. The zero-order valence-electron chi connectivity index (χ0n) is 24.6. The van der Waals surface area contributed by atoms with Crippen LogP contribution in [-0.4, -0.2) is 63.9 Å². The second kappa shape index (κ2) is 13.5. The summed E-state index contributed by atoms with van der Waals surface area (Å²) in [5.74, 6) is -0.113. The number of rotatable bonds is 10. The molecular formula is C35H33N3O7. The molecule has 0 aliphatic carbocycles. The molecule has 1 aromatic heterocycles. The van der Waals surface area contributed by atoms with Gasteiger partial charge in [0.1, 0.15) is 25.2 Å². The summed E-state index contributed by atoms with van der Waals surface area (Å²) in [6.45, 7) is 1.37. The van der Waals surface area contributed by atoms with Gasteiger partial charge in [-0.2, -0.15) is 0 Å². The van der Waals surface area contributed by atoms with Gasteiger partial charge in [0.15, 0.2) is 0 Å². The van der Waals surface area contributed by atoms with Crippen LogP contribution >= 0.6 is 0 Å². The van der Waals surface area contributed by atoms with E-state index < -0.39 is 18.1 Å². The number of benzene rings is 3. The highest BCUT2D eigenvalue weighted by Crippen LogP contribution is 2.31. The quantitative estimate of drug-likeness (QED) is 0.228. The molecule has 45 heavy (non-hydrogen) atoms. The Hall–Kier alpha value is -5.38. The minimum Gasteiger partial charge on any atom is -0.489 e. The van der Waals surface area contributed by atoms with Crippen LogP contribution in [0.15, 0.2) is 102 Å². The van der Waals surface area contributed by atoms with E-state index in [0.29, 0.717) is 44.0 Å². The summed E-state index contributed by atoms with van der Waals surface area (Å²) < 4.78 is 16.5. The summed E-state index contributed by atoms with van der Waals surface area (Å²) in [5, 5.41) is 13.3. The average molecular weight is 608 g/mol. The fourth-order valence-electron chi connectivity index (χ4n) is 5.80. The third kappa shape index (κ3) is 7.06. The van der Waals surface area contributed by atoms with E-state index in [9.17, 15) is 19.5 Å². The van der Waals surface area contributed by atoms with E-state index in [1.807, 2.05) is 78.9 Å². The third-order valence-electron chi connectivity index (χ3n) is 8.20. The average Bonchev–Trinajstić information content (AvgIpc) is 3.74. The molecule has 0 radical (unpaired) electrons. The second-order valence-electron chi connectivity index (χ2n) is 11.1. The number of cyclic esters (lactones) is 1. The molecule has 2 aliphatic rings. The third-order valence-corrected chi connectivity index (χ3v) is 8.20. The monoisotopic (exact) mass is 607 g/mol. The molecule has 10 heteroatoms. The van der Waals surface area contributed by atoms with Crippen molar-refractivity contribution in [2.24, 2.45) is 0 Å². The number of aromatic nitrogens is 1. The number of carbonyl (C=O) groups is 3. The number of carbonyl (C=O) groups excluding carboxylic acids is 2. The highest BCUT2D eigenvalue weighted by Gasteiger charge is 2.39. The maximum Gasteiger partial charge on any atom is 0.416 e. The van der Waals surface area contributed by atoms with Gasteiger partial charge in [-0.05, 0) is 58.9 Å². The molecule has 3 aromatic carbocycles. The Morgan fingerprint density at radius 2 is 1.80 bits per heavy atom. The standard InChI is InChI=1S/C35H33N3O7/c39-33(38-29(23-44-35(38)42)20-24-5-2-1-3-6-24)21-31(32-15-18-45-36-32)27-9-11-30(12-10-27)43-22-25-7-4-8-28(19-25)26-13-16-37(17-14-26)34(40)41/h1-13,15,18-19,29,31H,14,16-17,20-23H2,(H,40,41)/t29-,31-/m0/s1. The van der Waals surface area contributed by atoms with Crippen LogP contribution in [0.3, 0.4) is 0 Å². The Bertz CT molecular complexity index is 1670. The molecule has 3 amide bonds. The minimum absolute atomic E-state index is 0.0139. The van der Waals surface area contributed by atoms with Crippen molar-refractivity contribution >= 4 is 23.7 Å². The summed E-state index contributed by atoms with van der Waals surface area (Å²) >= 11 is 0. The van der Waals surface area contributed by atoms with Gasteiger partial charge in [0.05, 0.1) is 11.7 Å². The largest absolute Gasteiger partial charge is 0.489 e. The van der Waals surface area contributed by atoms with E-state index in [-0.39, 0.29) is 25.0 Å². The predicted molar refractivity (Wildman–Crippen MR) is 164 cm³/mol. The molecular weight excluding hydrogens is 574 g/mol. The van der Waals surface area contributed by atoms with Gasteiger partial charge in [-0.3, -0.25) is 4.79 Å². The molecule has 230 valence electrons. The van der Waals surface area contributed by atoms with Crippen LogP contribution in [-0.2, 0) is 22.6 Å². The fourth-order valence-corrected chi connectivity index (χ4v) is 5.80. The number of ether oxygens (including phenoxy) is 2. The van der Waals surface area contributed by atoms with Crippen LogP contribution < -0.4 is 4.74 Å². The van der Waals surface area contributed by atoms with E-state index in [1.165, 1.54) is 16.1 Å². The Balaban J connectivity index is 1.11. The molecule has 0 saturated carbocycles. The summed E-state index contributed by atoms with van der Waals surface area (Å²) in [4.78, 5) is 40.0. The van der Waals surface area contributed by atoms with Crippen molar-refractivity contribution in [3.05, 3.63) is 125 Å². The normalized spacial score (nSPS) is 17.0. The highest BCUT2D eigenvalue weighted by molar-refractivity contribution is 5.94. The molecule has 4 aromatic rings. The van der Waals surface area contributed by atoms with Crippen LogP contribution in [0.4, 0.5) is 9.59 Å². The van der Waals surface area contributed by atoms with E-state index in [0.717, 1.165) is 27.8 Å². The summed E-state index contributed by atoms with van der Waals surface area (Å²) in [6, 6.07) is 26.6. The van der Waals surface area contributed by atoms with Crippen LogP contribution in [0.2, 0.25) is 0 Å². The zero-order valence-corrected chi connectivity index (χ0v) is 24.6. The Morgan fingerprint density at radius 3 is 2.51 bits per heavy atom. The van der Waals surface area contributed by atoms with Gasteiger partial charge in [-0.1, -0.05) is 71.9 Å². The van der Waals surface area contributed by atoms with Crippen LogP contribution in [0.1, 0.15) is 46.7 Å². The van der Waals surface area contributed by atoms with Crippen molar-refractivity contribution in [1.82, 2.24) is 15.0 Å². The smallest absolute Gasteiger partial charge is 0.416 e. The number of hydrogen-bond donors (Lipinski definition) is 1. The molecule has 10 nitrogen and oxygen atoms in total. The molecule has 0 spiro atoms. The van der Waals surface area contributed by atoms with E-state index in [4.69, 9.17) is 14.0 Å². The topological polar surface area (TPSA) is 122 Å². The van der Waals surface area contributed by atoms with E-state index in [2.05, 4.69) is 11.2 Å². The van der Waals surface area contributed by atoms with Crippen molar-refractivity contribution in [2.75, 3.05) is 19.7 Å². The molecule has 1 saturated heterocycles. The van der Waals surface area contributed by atoms with Crippen molar-refractivity contribution in [3.63, 3.8) is 0 Å². The number of hydrogen-bond acceptors (Lipinski definition) is 7. The van der Waals surface area contributed by atoms with Gasteiger partial charge in [0.25, 0.3) is 0 Å². The van der Waals surface area contributed by atoms with Gasteiger partial charge in [0, 0.05) is 31.5 Å². The van der Waals surface area contributed by atoms with Crippen LogP contribution in [0, 0.1) is 0 Å². The molecule has 2 atom stereocenters. The lowest BCUT2D eigenvalue weighted by Crippen LogP contribution is -2.40. The fraction of sp³-hybridized carbons (Fsp3) is 0.257. The summed E-state index contributed by atoms with van der Waals surface area (Å²) in [5.41, 5.74) is 5.62. The summed E-state index contributed by atoms with van der Waals surface area (Å²) in [6.07, 6.45) is 3.09. The van der Waals surface area contributed by atoms with Gasteiger partial charge in [0.2, 0.25) is 5.91 Å². The predicted octanol–water partition coefficient (Wildman–Crippen LogP) is 6.13. The SMILES string of the molecule is O=C(O)N1CC=C(c2cccc(COc3ccc([C@H](CC(=O)N4C(=O)OC[C@@H]4Cc4ccccc4)c4ccon4)cc3)c2)CC1. The number of carboxylic acid groups (broad SMARTS) is 1. The van der Waals surface area contributed by atoms with Crippen LogP contribution in [0.25, 0.3) is 5.57 Å². The lowest BCUT2D eigenvalue weighted by molar-refractivity contribution is -0.129. The van der Waals surface area contributed by atoms with Crippen LogP contribution in [0.5, 0.6) is 5.75 Å². The minimum atomic E-state index is -0.902. The van der Waals surface area contributed by atoms with Gasteiger partial charge in [-0.15, -0.1) is 0 Å². The Labute approximate surface area is 260 Å². The Kier molecular flexibility index (Phi) is 8.91. The number of imide groups is 1. The molecule has 3 heterocycles. The van der Waals surface area contributed by atoms with Gasteiger partial charge >= 0.3 is 12.2 Å².